The molecule has 0 bridgehead atoms. The molecule has 0 unspecified atom stereocenters. The average molecular weight is 330 g/mol. The van der Waals surface area contributed by atoms with Crippen molar-refractivity contribution in [1.29, 1.82) is 0 Å². The van der Waals surface area contributed by atoms with Crippen LogP contribution in [0, 0.1) is 5.92 Å². The predicted molar refractivity (Wildman–Crippen MR) is 88.2 cm³/mol. The summed E-state index contributed by atoms with van der Waals surface area (Å²) in [6, 6.07) is 7.51. The lowest BCUT2D eigenvalue weighted by Crippen LogP contribution is -2.43. The van der Waals surface area contributed by atoms with Gasteiger partial charge in [0.05, 0.1) is 6.42 Å². The number of carbonyl (C=O) groups excluding carboxylic acids is 2. The molecule has 128 valence electrons. The van der Waals surface area contributed by atoms with Crippen LogP contribution in [0.2, 0.25) is 0 Å². The van der Waals surface area contributed by atoms with Crippen LogP contribution in [0.3, 0.4) is 0 Å². The molecule has 0 aliphatic heterocycles. The molecule has 0 radical (unpaired) electrons. The van der Waals surface area contributed by atoms with E-state index in [0.717, 1.165) is 24.6 Å². The van der Waals surface area contributed by atoms with Crippen molar-refractivity contribution < 1.29 is 18.8 Å². The number of nitrogens with zero attached hydrogens (tertiary/aromatic N) is 1. The van der Waals surface area contributed by atoms with Crippen LogP contribution in [-0.4, -0.2) is 29.7 Å². The highest BCUT2D eigenvalue weighted by Gasteiger charge is 2.23. The molecule has 0 saturated heterocycles. The summed E-state index contributed by atoms with van der Waals surface area (Å²) in [4.78, 5) is 23.9. The van der Waals surface area contributed by atoms with Crippen LogP contribution in [0.4, 0.5) is 0 Å². The lowest BCUT2D eigenvalue weighted by Gasteiger charge is -2.29. The summed E-state index contributed by atoms with van der Waals surface area (Å²) in [6.45, 7) is 1.89. The summed E-state index contributed by atoms with van der Waals surface area (Å²) < 4.78 is 10.2. The summed E-state index contributed by atoms with van der Waals surface area (Å²) in [5.41, 5.74) is 1.15. The van der Waals surface area contributed by atoms with E-state index in [-0.39, 0.29) is 25.0 Å². The van der Waals surface area contributed by atoms with E-state index >= 15 is 0 Å². The molecule has 1 amide bonds. The highest BCUT2D eigenvalue weighted by Crippen LogP contribution is 2.23. The molecule has 1 N–H and O–H groups in total. The number of carbonyl (C=O) groups is 2. The van der Waals surface area contributed by atoms with Crippen molar-refractivity contribution in [2.75, 3.05) is 6.61 Å². The summed E-state index contributed by atoms with van der Waals surface area (Å²) in [6.07, 6.45) is 4.46. The van der Waals surface area contributed by atoms with Crippen LogP contribution in [0.15, 0.2) is 28.8 Å². The number of fused-ring (bicyclic) bond motifs is 1. The molecule has 2 aromatic rings. The number of para-hydroxylation sites is 1. The van der Waals surface area contributed by atoms with Crippen molar-refractivity contribution in [3.63, 3.8) is 0 Å². The first-order chi connectivity index (χ1) is 11.6. The second-order valence-corrected chi connectivity index (χ2v) is 6.40. The van der Waals surface area contributed by atoms with Gasteiger partial charge in [-0.3, -0.25) is 9.59 Å². The van der Waals surface area contributed by atoms with Gasteiger partial charge in [0.1, 0.15) is 5.69 Å². The molecular weight excluding hydrogens is 308 g/mol. The topological polar surface area (TPSA) is 81.4 Å². The molecule has 0 spiro atoms. The van der Waals surface area contributed by atoms with Crippen molar-refractivity contribution >= 4 is 22.8 Å². The lowest BCUT2D eigenvalue weighted by atomic mass is 9.86. The third-order valence-corrected chi connectivity index (χ3v) is 4.59. The van der Waals surface area contributed by atoms with E-state index in [1.165, 1.54) is 6.42 Å². The predicted octanol–water partition coefficient (Wildman–Crippen LogP) is 2.61. The van der Waals surface area contributed by atoms with Crippen LogP contribution in [0.5, 0.6) is 0 Å². The Kier molecular flexibility index (Phi) is 5.13. The van der Waals surface area contributed by atoms with Gasteiger partial charge in [-0.15, -0.1) is 0 Å². The quantitative estimate of drug-likeness (QED) is 0.852. The van der Waals surface area contributed by atoms with Gasteiger partial charge < -0.3 is 14.6 Å². The summed E-state index contributed by atoms with van der Waals surface area (Å²) >= 11 is 0. The standard InChI is InChI=1S/C18H22N2O4/c1-12-6-2-4-8-14(12)19-17(21)11-23-18(22)10-15-13-7-3-5-9-16(13)24-20-15/h3,5,7,9,12,14H,2,4,6,8,10-11H2,1H3,(H,19,21)/t12-,14-/m1/s1. The number of aromatic nitrogens is 1. The molecule has 6 heteroatoms. The fourth-order valence-electron chi connectivity index (χ4n) is 3.18. The monoisotopic (exact) mass is 330 g/mol. The number of nitrogens with one attached hydrogen (secondary N) is 1. The van der Waals surface area contributed by atoms with Gasteiger partial charge in [-0.2, -0.15) is 0 Å². The van der Waals surface area contributed by atoms with E-state index in [0.29, 0.717) is 17.2 Å². The van der Waals surface area contributed by atoms with Crippen molar-refractivity contribution in [3.05, 3.63) is 30.0 Å². The Labute approximate surface area is 140 Å². The molecule has 1 aromatic carbocycles. The molecule has 1 aliphatic rings. The largest absolute Gasteiger partial charge is 0.455 e. The van der Waals surface area contributed by atoms with Crippen LogP contribution >= 0.6 is 0 Å². The minimum absolute atomic E-state index is 0.00980. The van der Waals surface area contributed by atoms with E-state index in [2.05, 4.69) is 17.4 Å². The van der Waals surface area contributed by atoms with Gasteiger partial charge in [0.25, 0.3) is 5.91 Å². The Balaban J connectivity index is 1.47. The van der Waals surface area contributed by atoms with E-state index < -0.39 is 5.97 Å². The Hall–Kier alpha value is -2.37. The van der Waals surface area contributed by atoms with Gasteiger partial charge in [-0.05, 0) is 30.9 Å². The Bertz CT molecular complexity index is 725. The average Bonchev–Trinajstić information content (AvgIpc) is 2.98. The van der Waals surface area contributed by atoms with E-state index in [4.69, 9.17) is 9.26 Å². The van der Waals surface area contributed by atoms with Gasteiger partial charge in [-0.1, -0.05) is 37.1 Å². The van der Waals surface area contributed by atoms with Crippen molar-refractivity contribution in [2.45, 2.75) is 45.1 Å². The molecule has 24 heavy (non-hydrogen) atoms. The smallest absolute Gasteiger partial charge is 0.312 e. The third kappa shape index (κ3) is 3.93. The second-order valence-electron chi connectivity index (χ2n) is 6.40. The maximum Gasteiger partial charge on any atom is 0.312 e. The Morgan fingerprint density at radius 1 is 1.29 bits per heavy atom. The Morgan fingerprint density at radius 2 is 2.08 bits per heavy atom. The number of hydrogen-bond acceptors (Lipinski definition) is 5. The van der Waals surface area contributed by atoms with E-state index in [1.54, 1.807) is 6.07 Å². The van der Waals surface area contributed by atoms with Crippen LogP contribution in [-0.2, 0) is 20.7 Å². The van der Waals surface area contributed by atoms with Crippen molar-refractivity contribution in [2.24, 2.45) is 5.92 Å². The zero-order chi connectivity index (χ0) is 16.9. The first-order valence-electron chi connectivity index (χ1n) is 8.42. The summed E-state index contributed by atoms with van der Waals surface area (Å²) in [5, 5.41) is 7.64. The van der Waals surface area contributed by atoms with Gasteiger partial charge in [0, 0.05) is 11.4 Å². The molecule has 2 atom stereocenters. The number of esters is 1. The molecule has 1 fully saturated rings. The molecule has 1 saturated carbocycles. The van der Waals surface area contributed by atoms with E-state index in [1.807, 2.05) is 18.2 Å². The van der Waals surface area contributed by atoms with Gasteiger partial charge in [-0.25, -0.2) is 0 Å². The highest BCUT2D eigenvalue weighted by molar-refractivity contribution is 5.85. The number of amides is 1. The Morgan fingerprint density at radius 3 is 2.92 bits per heavy atom. The van der Waals surface area contributed by atoms with Gasteiger partial charge in [0.15, 0.2) is 12.2 Å². The van der Waals surface area contributed by atoms with Crippen LogP contribution in [0.1, 0.15) is 38.3 Å². The zero-order valence-electron chi connectivity index (χ0n) is 13.8. The molecule has 1 aromatic heterocycles. The first kappa shape index (κ1) is 16.5. The number of rotatable bonds is 5. The first-order valence-corrected chi connectivity index (χ1v) is 8.42. The van der Waals surface area contributed by atoms with E-state index in [9.17, 15) is 9.59 Å². The van der Waals surface area contributed by atoms with Gasteiger partial charge >= 0.3 is 5.97 Å². The summed E-state index contributed by atoms with van der Waals surface area (Å²) in [7, 11) is 0. The fraction of sp³-hybridized carbons (Fsp3) is 0.500. The second kappa shape index (κ2) is 7.47. The normalized spacial score (nSPS) is 20.7. The number of ether oxygens (including phenoxy) is 1. The zero-order valence-corrected chi connectivity index (χ0v) is 13.8. The van der Waals surface area contributed by atoms with Crippen LogP contribution < -0.4 is 5.32 Å². The molecule has 3 rings (SSSR count). The van der Waals surface area contributed by atoms with Gasteiger partial charge in [0.2, 0.25) is 0 Å². The highest BCUT2D eigenvalue weighted by atomic mass is 16.5. The molecule has 1 aliphatic carbocycles. The SMILES string of the molecule is C[C@@H]1CCCC[C@H]1NC(=O)COC(=O)Cc1noc2ccccc12. The molecular formula is C18H22N2O4. The maximum atomic E-state index is 12.0. The number of benzene rings is 1. The van der Waals surface area contributed by atoms with Crippen LogP contribution in [0.25, 0.3) is 11.0 Å². The van der Waals surface area contributed by atoms with Crippen molar-refractivity contribution in [1.82, 2.24) is 10.5 Å². The fourth-order valence-corrected chi connectivity index (χ4v) is 3.18. The minimum Gasteiger partial charge on any atom is -0.455 e. The van der Waals surface area contributed by atoms with Crippen molar-refractivity contribution in [3.8, 4) is 0 Å². The molecule has 1 heterocycles. The maximum absolute atomic E-state index is 12.0. The number of hydrogen-bond donors (Lipinski definition) is 1. The minimum atomic E-state index is -0.485. The summed E-state index contributed by atoms with van der Waals surface area (Å²) in [5.74, 6) is -0.257. The molecule has 6 nitrogen and oxygen atoms in total. The third-order valence-electron chi connectivity index (χ3n) is 4.59. The lowest BCUT2D eigenvalue weighted by molar-refractivity contribution is -0.148.